The molecule has 0 atom stereocenters. The summed E-state index contributed by atoms with van der Waals surface area (Å²) in [4.78, 5) is 23.7. The third kappa shape index (κ3) is 5.04. The Balaban J connectivity index is 1.74. The van der Waals surface area contributed by atoms with Gasteiger partial charge < -0.3 is 0 Å². The van der Waals surface area contributed by atoms with Crippen LogP contribution >= 0.6 is 11.8 Å². The zero-order valence-electron chi connectivity index (χ0n) is 11.6. The number of ketones is 2. The maximum absolute atomic E-state index is 11.9. The summed E-state index contributed by atoms with van der Waals surface area (Å²) in [6.07, 6.45) is 3.37. The quantitative estimate of drug-likeness (QED) is 0.439. The van der Waals surface area contributed by atoms with Gasteiger partial charge in [0.25, 0.3) is 0 Å². The van der Waals surface area contributed by atoms with E-state index in [9.17, 15) is 9.59 Å². The van der Waals surface area contributed by atoms with Crippen molar-refractivity contribution >= 4 is 23.3 Å². The lowest BCUT2D eigenvalue weighted by atomic mass is 10.1. The molecule has 0 unspecified atom stereocenters. The minimum absolute atomic E-state index is 0.00872. The second-order valence-corrected chi connectivity index (χ2v) is 5.47. The van der Waals surface area contributed by atoms with Gasteiger partial charge in [-0.1, -0.05) is 66.7 Å². The highest BCUT2D eigenvalue weighted by Crippen LogP contribution is 2.08. The molecule has 21 heavy (non-hydrogen) atoms. The molecule has 2 aromatic carbocycles. The van der Waals surface area contributed by atoms with Crippen molar-refractivity contribution in [3.05, 3.63) is 83.9 Å². The van der Waals surface area contributed by atoms with Gasteiger partial charge in [0.15, 0.2) is 11.6 Å². The lowest BCUT2D eigenvalue weighted by molar-refractivity contribution is 0.102. The normalized spacial score (nSPS) is 10.7. The van der Waals surface area contributed by atoms with Crippen molar-refractivity contribution in [2.45, 2.75) is 0 Å². The molecule has 106 valence electrons. The molecule has 0 bridgehead atoms. The molecule has 0 amide bonds. The number of carbonyl (C=O) groups excluding carboxylic acids is 2. The van der Waals surface area contributed by atoms with E-state index in [1.807, 2.05) is 48.5 Å². The van der Waals surface area contributed by atoms with Crippen molar-refractivity contribution < 1.29 is 9.59 Å². The third-order valence-electron chi connectivity index (χ3n) is 2.87. The van der Waals surface area contributed by atoms with Crippen molar-refractivity contribution in [3.63, 3.8) is 0 Å². The second-order valence-electron chi connectivity index (χ2n) is 4.44. The van der Waals surface area contributed by atoms with E-state index in [0.717, 1.165) is 5.56 Å². The molecule has 0 radical (unpaired) electrons. The van der Waals surface area contributed by atoms with E-state index in [1.165, 1.54) is 11.8 Å². The van der Waals surface area contributed by atoms with Crippen LogP contribution in [-0.4, -0.2) is 23.1 Å². The van der Waals surface area contributed by atoms with Gasteiger partial charge in [-0.2, -0.15) is 0 Å². The van der Waals surface area contributed by atoms with Crippen molar-refractivity contribution in [1.29, 1.82) is 0 Å². The smallest absolute Gasteiger partial charge is 0.185 e. The molecule has 0 aromatic heterocycles. The van der Waals surface area contributed by atoms with Crippen LogP contribution in [0.3, 0.4) is 0 Å². The summed E-state index contributed by atoms with van der Waals surface area (Å²) in [6.45, 7) is 0. The van der Waals surface area contributed by atoms with Crippen LogP contribution in [0.4, 0.5) is 0 Å². The standard InChI is InChI=1S/C18H16O2S/c19-17(15-8-3-1-4-9-15)12-7-13-21-14-18(20)16-10-5-2-6-11-16/h1-12H,13-14H2/b12-7+. The molecule has 0 spiro atoms. The van der Waals surface area contributed by atoms with Gasteiger partial charge in [0.1, 0.15) is 0 Å². The Kier molecular flexibility index (Phi) is 5.98. The molecule has 0 heterocycles. The first-order valence-electron chi connectivity index (χ1n) is 6.69. The Morgan fingerprint density at radius 1 is 0.857 bits per heavy atom. The van der Waals surface area contributed by atoms with Gasteiger partial charge in [0.05, 0.1) is 5.75 Å². The largest absolute Gasteiger partial charge is 0.293 e. The minimum Gasteiger partial charge on any atom is -0.293 e. The highest BCUT2D eigenvalue weighted by molar-refractivity contribution is 8.00. The van der Waals surface area contributed by atoms with Gasteiger partial charge in [-0.25, -0.2) is 0 Å². The lowest BCUT2D eigenvalue weighted by Crippen LogP contribution is -2.02. The number of hydrogen-bond donors (Lipinski definition) is 0. The summed E-state index contributed by atoms with van der Waals surface area (Å²) in [5, 5.41) is 0. The number of allylic oxidation sites excluding steroid dienone is 1. The molecule has 2 aromatic rings. The molecule has 0 aliphatic rings. The molecule has 0 saturated heterocycles. The van der Waals surface area contributed by atoms with E-state index in [0.29, 0.717) is 17.1 Å². The van der Waals surface area contributed by atoms with E-state index in [1.54, 1.807) is 24.3 Å². The maximum atomic E-state index is 11.9. The zero-order chi connectivity index (χ0) is 14.9. The average Bonchev–Trinajstić information content (AvgIpc) is 2.55. The maximum Gasteiger partial charge on any atom is 0.185 e. The van der Waals surface area contributed by atoms with Gasteiger partial charge in [-0.05, 0) is 6.08 Å². The van der Waals surface area contributed by atoms with Crippen LogP contribution in [0.1, 0.15) is 20.7 Å². The Morgan fingerprint density at radius 3 is 2.05 bits per heavy atom. The molecular weight excluding hydrogens is 280 g/mol. The van der Waals surface area contributed by atoms with Crippen molar-refractivity contribution in [2.24, 2.45) is 0 Å². The molecule has 0 aliphatic heterocycles. The summed E-state index contributed by atoms with van der Waals surface area (Å²) in [7, 11) is 0. The topological polar surface area (TPSA) is 34.1 Å². The van der Waals surface area contributed by atoms with E-state index in [-0.39, 0.29) is 11.6 Å². The van der Waals surface area contributed by atoms with Gasteiger partial charge in [0.2, 0.25) is 0 Å². The highest BCUT2D eigenvalue weighted by atomic mass is 32.2. The predicted octanol–water partition coefficient (Wildman–Crippen LogP) is 4.04. The van der Waals surface area contributed by atoms with Gasteiger partial charge in [-0.15, -0.1) is 11.8 Å². The van der Waals surface area contributed by atoms with Gasteiger partial charge >= 0.3 is 0 Å². The fourth-order valence-electron chi connectivity index (χ4n) is 1.78. The number of benzene rings is 2. The van der Waals surface area contributed by atoms with Crippen LogP contribution < -0.4 is 0 Å². The Labute approximate surface area is 128 Å². The number of rotatable bonds is 7. The lowest BCUT2D eigenvalue weighted by Gasteiger charge is -1.99. The predicted molar refractivity (Wildman–Crippen MR) is 88.0 cm³/mol. The van der Waals surface area contributed by atoms with Crippen LogP contribution in [0.2, 0.25) is 0 Å². The van der Waals surface area contributed by atoms with Gasteiger partial charge in [0, 0.05) is 16.9 Å². The number of thioether (sulfide) groups is 1. The summed E-state index contributed by atoms with van der Waals surface area (Å²) >= 11 is 1.50. The van der Waals surface area contributed by atoms with E-state index >= 15 is 0 Å². The molecule has 0 fully saturated rings. The average molecular weight is 296 g/mol. The van der Waals surface area contributed by atoms with Crippen molar-refractivity contribution in [1.82, 2.24) is 0 Å². The van der Waals surface area contributed by atoms with Gasteiger partial charge in [-0.3, -0.25) is 9.59 Å². The van der Waals surface area contributed by atoms with Crippen LogP contribution in [0, 0.1) is 0 Å². The first-order chi connectivity index (χ1) is 10.3. The molecule has 0 N–H and O–H groups in total. The number of carbonyl (C=O) groups is 2. The molecule has 2 rings (SSSR count). The molecule has 2 nitrogen and oxygen atoms in total. The summed E-state index contributed by atoms with van der Waals surface area (Å²) in [5.74, 6) is 1.18. The first kappa shape index (κ1) is 15.3. The fourth-order valence-corrected chi connectivity index (χ4v) is 2.48. The van der Waals surface area contributed by atoms with Crippen molar-refractivity contribution in [3.8, 4) is 0 Å². The SMILES string of the molecule is O=C(/C=C/CSCC(=O)c1ccccc1)c1ccccc1. The summed E-state index contributed by atoms with van der Waals surface area (Å²) in [5.41, 5.74) is 1.41. The minimum atomic E-state index is -0.00872. The molecule has 0 saturated carbocycles. The third-order valence-corrected chi connectivity index (χ3v) is 3.76. The van der Waals surface area contributed by atoms with Crippen LogP contribution in [0.15, 0.2) is 72.8 Å². The van der Waals surface area contributed by atoms with Crippen LogP contribution in [0.25, 0.3) is 0 Å². The Hall–Kier alpha value is -2.13. The summed E-state index contributed by atoms with van der Waals surface area (Å²) < 4.78 is 0. The first-order valence-corrected chi connectivity index (χ1v) is 7.85. The Morgan fingerprint density at radius 2 is 1.43 bits per heavy atom. The number of Topliss-reactive ketones (excluding diaryl/α,β-unsaturated/α-hetero) is 1. The fraction of sp³-hybridized carbons (Fsp3) is 0.111. The molecule has 0 aliphatic carbocycles. The summed E-state index contributed by atoms with van der Waals surface area (Å²) in [6, 6.07) is 18.4. The Bertz CT molecular complexity index is 618. The van der Waals surface area contributed by atoms with E-state index in [2.05, 4.69) is 0 Å². The molecule has 3 heteroatoms. The van der Waals surface area contributed by atoms with Crippen molar-refractivity contribution in [2.75, 3.05) is 11.5 Å². The zero-order valence-corrected chi connectivity index (χ0v) is 12.4. The van der Waals surface area contributed by atoms with E-state index < -0.39 is 0 Å². The monoisotopic (exact) mass is 296 g/mol. The molecular formula is C18H16O2S. The highest BCUT2D eigenvalue weighted by Gasteiger charge is 2.04. The number of hydrogen-bond acceptors (Lipinski definition) is 3. The van der Waals surface area contributed by atoms with Crippen LogP contribution in [-0.2, 0) is 0 Å². The van der Waals surface area contributed by atoms with E-state index in [4.69, 9.17) is 0 Å². The van der Waals surface area contributed by atoms with Crippen LogP contribution in [0.5, 0.6) is 0 Å². The second kappa shape index (κ2) is 8.22.